The van der Waals surface area contributed by atoms with Gasteiger partial charge in [0, 0.05) is 40.6 Å². The molecule has 0 aliphatic heterocycles. The van der Waals surface area contributed by atoms with E-state index in [4.69, 9.17) is 19.9 Å². The molecule has 0 atom stereocenters. The van der Waals surface area contributed by atoms with Crippen LogP contribution < -0.4 is 46.1 Å². The number of rotatable bonds is 13. The smallest absolute Gasteiger partial charge is 0.410 e. The maximum absolute atomic E-state index is 14.4. The normalized spacial score (nSPS) is 10.6. The number of carbonyl (C=O) groups excluding carboxylic acids is 4. The number of nitrogens with two attached hydrogens (primary N) is 1. The SMILES string of the molecule is Cc1ccc(NC(=O)Oc2cccc(N(C(=O)Nc3ccc(Cc4ccc(NC(=O)Oc5cccc(C)c5)cc4)cc3)c3cccc(OC(=O)Nc4ccc(Cc5ccc(N)cc5)cc4)c3)c2)cc1. The van der Waals surface area contributed by atoms with E-state index in [2.05, 4.69) is 21.3 Å². The van der Waals surface area contributed by atoms with Gasteiger partial charge in [-0.2, -0.15) is 0 Å². The van der Waals surface area contributed by atoms with Gasteiger partial charge in [-0.3, -0.25) is 20.9 Å². The molecule has 5 amide bonds. The van der Waals surface area contributed by atoms with Crippen LogP contribution in [0, 0.1) is 13.8 Å². The third-order valence-electron chi connectivity index (χ3n) is 10.7. The molecule has 0 spiro atoms. The van der Waals surface area contributed by atoms with Crippen LogP contribution in [0.2, 0.25) is 0 Å². The van der Waals surface area contributed by atoms with Gasteiger partial charge in [0.05, 0.1) is 11.4 Å². The molecular weight excluding hydrogens is 869 g/mol. The number of hydrogen-bond donors (Lipinski definition) is 5. The number of urea groups is 1. The first-order chi connectivity index (χ1) is 33.5. The summed E-state index contributed by atoms with van der Waals surface area (Å²) in [6.45, 7) is 3.87. The minimum atomic E-state index is -0.726. The average Bonchev–Trinajstić information content (AvgIpc) is 3.33. The van der Waals surface area contributed by atoms with Crippen LogP contribution in [0.1, 0.15) is 33.4 Å². The van der Waals surface area contributed by atoms with Crippen molar-refractivity contribution in [1.29, 1.82) is 0 Å². The highest BCUT2D eigenvalue weighted by Crippen LogP contribution is 2.32. The van der Waals surface area contributed by atoms with Crippen molar-refractivity contribution in [2.45, 2.75) is 26.7 Å². The molecule has 13 nitrogen and oxygen atoms in total. The van der Waals surface area contributed by atoms with Gasteiger partial charge in [0.25, 0.3) is 0 Å². The Morgan fingerprint density at radius 1 is 0.406 bits per heavy atom. The predicted octanol–water partition coefficient (Wildman–Crippen LogP) is 13.3. The molecular formula is C56H48N6O7. The number of anilines is 7. The first-order valence-electron chi connectivity index (χ1n) is 22.0. The standard InChI is InChI=1S/C56H48N6O7/c1-37-12-24-45(25-13-37)59-55(65)68-51-10-4-7-48(35-51)62(49-8-5-11-52(36-49)69-56(66)61-47-28-18-41(19-29-47)33-39-14-22-43(57)23-15-39)53(63)58-44-26-16-40(17-27-44)34-42-20-30-46(31-21-42)60-54(64)67-50-9-3-6-38(2)32-50/h3-32,35-36H,33-34,57H2,1-2H3,(H,58,63)(H,59,65)(H,60,64)(H,61,66). The van der Waals surface area contributed by atoms with Gasteiger partial charge in [-0.25, -0.2) is 19.2 Å². The number of benzene rings is 8. The summed E-state index contributed by atoms with van der Waals surface area (Å²) in [7, 11) is 0. The molecule has 6 N–H and O–H groups in total. The Balaban J connectivity index is 0.947. The van der Waals surface area contributed by atoms with E-state index in [1.165, 1.54) is 4.90 Å². The van der Waals surface area contributed by atoms with Crippen LogP contribution in [0.4, 0.5) is 59.0 Å². The average molecular weight is 917 g/mol. The summed E-state index contributed by atoms with van der Waals surface area (Å²) in [5, 5.41) is 11.2. The zero-order chi connectivity index (χ0) is 48.1. The lowest BCUT2D eigenvalue weighted by atomic mass is 10.0. The Hall–Kier alpha value is -9.36. The lowest BCUT2D eigenvalue weighted by molar-refractivity contribution is 0.214. The molecule has 344 valence electrons. The first kappa shape index (κ1) is 46.2. The molecule has 8 aromatic carbocycles. The maximum atomic E-state index is 14.4. The number of aryl methyl sites for hydroxylation is 2. The van der Waals surface area contributed by atoms with Gasteiger partial charge in [-0.05, 0) is 152 Å². The van der Waals surface area contributed by atoms with E-state index in [9.17, 15) is 19.2 Å². The van der Waals surface area contributed by atoms with Gasteiger partial charge >= 0.3 is 24.3 Å². The molecule has 0 saturated heterocycles. The molecule has 13 heteroatoms. The monoisotopic (exact) mass is 916 g/mol. The van der Waals surface area contributed by atoms with Crippen LogP contribution >= 0.6 is 0 Å². The molecule has 69 heavy (non-hydrogen) atoms. The Morgan fingerprint density at radius 3 is 1.16 bits per heavy atom. The van der Waals surface area contributed by atoms with Crippen LogP contribution in [0.5, 0.6) is 17.2 Å². The van der Waals surface area contributed by atoms with Crippen molar-refractivity contribution in [3.05, 3.63) is 228 Å². The van der Waals surface area contributed by atoms with Crippen molar-refractivity contribution in [3.8, 4) is 17.2 Å². The van der Waals surface area contributed by atoms with Gasteiger partial charge in [-0.15, -0.1) is 0 Å². The fourth-order valence-electron chi connectivity index (χ4n) is 7.23. The molecule has 8 rings (SSSR count). The van der Waals surface area contributed by atoms with Crippen molar-refractivity contribution in [2.75, 3.05) is 31.9 Å². The van der Waals surface area contributed by atoms with Crippen LogP contribution in [0.25, 0.3) is 0 Å². The number of nitrogens with zero attached hydrogens (tertiary/aromatic N) is 1. The Bertz CT molecular complexity index is 3070. The van der Waals surface area contributed by atoms with Crippen molar-refractivity contribution in [3.63, 3.8) is 0 Å². The van der Waals surface area contributed by atoms with Gasteiger partial charge in [0.2, 0.25) is 0 Å². The van der Waals surface area contributed by atoms with Crippen molar-refractivity contribution >= 4 is 64.1 Å². The summed E-state index contributed by atoms with van der Waals surface area (Å²) in [6, 6.07) is 57.0. The summed E-state index contributed by atoms with van der Waals surface area (Å²) in [5.74, 6) is 0.807. The van der Waals surface area contributed by atoms with E-state index < -0.39 is 24.3 Å². The van der Waals surface area contributed by atoms with Crippen LogP contribution in [0.3, 0.4) is 0 Å². The molecule has 0 aliphatic carbocycles. The second kappa shape index (κ2) is 21.8. The number of carbonyl (C=O) groups is 4. The van der Waals surface area contributed by atoms with E-state index in [0.29, 0.717) is 58.4 Å². The highest BCUT2D eigenvalue weighted by Gasteiger charge is 2.21. The zero-order valence-electron chi connectivity index (χ0n) is 37.8. The molecule has 0 unspecified atom stereocenters. The highest BCUT2D eigenvalue weighted by molar-refractivity contribution is 6.07. The Labute approximate surface area is 399 Å². The second-order valence-corrected chi connectivity index (χ2v) is 16.2. The number of nitrogens with one attached hydrogen (secondary N) is 4. The molecule has 0 heterocycles. The first-order valence-corrected chi connectivity index (χ1v) is 22.0. The van der Waals surface area contributed by atoms with E-state index in [0.717, 1.165) is 33.4 Å². The van der Waals surface area contributed by atoms with E-state index >= 15 is 0 Å². The van der Waals surface area contributed by atoms with E-state index in [1.54, 1.807) is 97.1 Å². The van der Waals surface area contributed by atoms with Gasteiger partial charge in [-0.1, -0.05) is 90.5 Å². The topological polar surface area (TPSA) is 173 Å². The van der Waals surface area contributed by atoms with Crippen molar-refractivity contribution in [1.82, 2.24) is 0 Å². The third-order valence-corrected chi connectivity index (χ3v) is 10.7. The summed E-state index contributed by atoms with van der Waals surface area (Å²) >= 11 is 0. The lowest BCUT2D eigenvalue weighted by Gasteiger charge is -2.24. The molecule has 8 aromatic rings. The molecule has 0 bridgehead atoms. The van der Waals surface area contributed by atoms with Crippen molar-refractivity contribution in [2.24, 2.45) is 0 Å². The predicted molar refractivity (Wildman–Crippen MR) is 271 cm³/mol. The largest absolute Gasteiger partial charge is 0.417 e. The van der Waals surface area contributed by atoms with Gasteiger partial charge in [0.1, 0.15) is 17.2 Å². The fourth-order valence-corrected chi connectivity index (χ4v) is 7.23. The second-order valence-electron chi connectivity index (χ2n) is 16.2. The van der Waals surface area contributed by atoms with Crippen molar-refractivity contribution < 1.29 is 33.4 Å². The summed E-state index contributed by atoms with van der Waals surface area (Å²) < 4.78 is 16.7. The minimum Gasteiger partial charge on any atom is -0.410 e. The third kappa shape index (κ3) is 13.4. The quantitative estimate of drug-likeness (QED) is 0.0711. The molecule has 0 saturated carbocycles. The molecule has 0 aliphatic rings. The fraction of sp³-hybridized carbons (Fsp3) is 0.0714. The summed E-state index contributed by atoms with van der Waals surface area (Å²) in [5.41, 5.74) is 15.6. The van der Waals surface area contributed by atoms with Crippen LogP contribution in [0.15, 0.2) is 194 Å². The van der Waals surface area contributed by atoms with Gasteiger partial charge in [0.15, 0.2) is 0 Å². The number of nitrogen functional groups attached to an aromatic ring is 1. The number of hydrogen-bond acceptors (Lipinski definition) is 8. The zero-order valence-corrected chi connectivity index (χ0v) is 37.8. The lowest BCUT2D eigenvalue weighted by Crippen LogP contribution is -2.31. The summed E-state index contributed by atoms with van der Waals surface area (Å²) in [6.07, 6.45) is -0.726. The molecule has 0 fully saturated rings. The van der Waals surface area contributed by atoms with E-state index in [-0.39, 0.29) is 11.5 Å². The van der Waals surface area contributed by atoms with Crippen LogP contribution in [-0.2, 0) is 12.8 Å². The number of amides is 5. The highest BCUT2D eigenvalue weighted by atomic mass is 16.6. The summed E-state index contributed by atoms with van der Waals surface area (Å²) in [4.78, 5) is 54.3. The number of ether oxygens (including phenoxy) is 3. The minimum absolute atomic E-state index is 0.169. The Morgan fingerprint density at radius 2 is 0.754 bits per heavy atom. The van der Waals surface area contributed by atoms with E-state index in [1.807, 2.05) is 111 Å². The Kier molecular flexibility index (Phi) is 14.6. The maximum Gasteiger partial charge on any atom is 0.417 e. The van der Waals surface area contributed by atoms with Crippen LogP contribution in [-0.4, -0.2) is 24.3 Å². The van der Waals surface area contributed by atoms with Gasteiger partial charge < -0.3 is 25.3 Å². The molecule has 0 radical (unpaired) electrons. The molecule has 0 aromatic heterocycles.